The van der Waals surface area contributed by atoms with Crippen molar-refractivity contribution in [3.8, 4) is 28.7 Å². The molecule has 1 fully saturated rings. The van der Waals surface area contributed by atoms with Crippen molar-refractivity contribution >= 4 is 0 Å². The van der Waals surface area contributed by atoms with Gasteiger partial charge in [-0.25, -0.2) is 14.4 Å². The van der Waals surface area contributed by atoms with E-state index < -0.39 is 5.82 Å². The second-order valence-corrected chi connectivity index (χ2v) is 9.47. The number of pyridine rings is 1. The summed E-state index contributed by atoms with van der Waals surface area (Å²) in [5.74, 6) is 1.07. The molecule has 1 aromatic carbocycles. The summed E-state index contributed by atoms with van der Waals surface area (Å²) in [7, 11) is 3.03. The molecule has 6 nitrogen and oxygen atoms in total. The van der Waals surface area contributed by atoms with Gasteiger partial charge < -0.3 is 14.2 Å². The van der Waals surface area contributed by atoms with Gasteiger partial charge >= 0.3 is 0 Å². The van der Waals surface area contributed by atoms with E-state index in [9.17, 15) is 4.39 Å². The molecule has 170 valence electrons. The number of nitrogens with zero attached hydrogens (tertiary/aromatic N) is 3. The van der Waals surface area contributed by atoms with E-state index >= 15 is 0 Å². The van der Waals surface area contributed by atoms with E-state index in [2.05, 4.69) is 32.7 Å². The van der Waals surface area contributed by atoms with Crippen LogP contribution < -0.4 is 9.47 Å². The molecule has 7 heteroatoms. The van der Waals surface area contributed by atoms with Crippen LogP contribution in [0.3, 0.4) is 0 Å². The molecule has 0 unspecified atom stereocenters. The summed E-state index contributed by atoms with van der Waals surface area (Å²) in [6.07, 6.45) is 5.35. The van der Waals surface area contributed by atoms with Crippen molar-refractivity contribution in [1.29, 1.82) is 0 Å². The van der Waals surface area contributed by atoms with Crippen LogP contribution in [0.1, 0.15) is 52.1 Å². The molecule has 32 heavy (non-hydrogen) atoms. The van der Waals surface area contributed by atoms with Gasteiger partial charge in [0.15, 0.2) is 11.6 Å². The standard InChI is InChI=1S/C25H30FN3O3/c1-24(2)13-16(14-25(3,4)32-24)20-15-29(17-9-10-21(30-5)19(26)12-17)22(28-20)18-8-7-11-27-23(18)31-6/h7-12,15-16H,13-14H2,1-6H3. The van der Waals surface area contributed by atoms with Crippen molar-refractivity contribution in [3.05, 3.63) is 54.2 Å². The topological polar surface area (TPSA) is 58.4 Å². The number of halogens is 1. The van der Waals surface area contributed by atoms with Gasteiger partial charge in [-0.1, -0.05) is 0 Å². The molecule has 1 saturated heterocycles. The highest BCUT2D eigenvalue weighted by Gasteiger charge is 2.41. The SMILES string of the molecule is COc1ccc(-n2cc(C3CC(C)(C)OC(C)(C)C3)nc2-c2cccnc2OC)cc1F. The summed E-state index contributed by atoms with van der Waals surface area (Å²) < 4.78 is 33.3. The molecule has 0 N–H and O–H groups in total. The van der Waals surface area contributed by atoms with Crippen LogP contribution in [-0.2, 0) is 4.74 Å². The average Bonchev–Trinajstić information content (AvgIpc) is 3.17. The van der Waals surface area contributed by atoms with Crippen molar-refractivity contribution in [2.75, 3.05) is 14.2 Å². The Bertz CT molecular complexity index is 1110. The minimum absolute atomic E-state index is 0.194. The minimum atomic E-state index is -0.433. The molecule has 0 saturated carbocycles. The van der Waals surface area contributed by atoms with Gasteiger partial charge in [-0.2, -0.15) is 0 Å². The lowest BCUT2D eigenvalue weighted by Crippen LogP contribution is -2.44. The van der Waals surface area contributed by atoms with Crippen LogP contribution in [0.15, 0.2) is 42.7 Å². The van der Waals surface area contributed by atoms with E-state index in [1.165, 1.54) is 13.2 Å². The number of methoxy groups -OCH3 is 2. The maximum atomic E-state index is 14.6. The highest BCUT2D eigenvalue weighted by molar-refractivity contribution is 5.65. The molecule has 0 bridgehead atoms. The van der Waals surface area contributed by atoms with Crippen LogP contribution >= 0.6 is 0 Å². The summed E-state index contributed by atoms with van der Waals surface area (Å²) in [6, 6.07) is 8.64. The second-order valence-electron chi connectivity index (χ2n) is 9.47. The Balaban J connectivity index is 1.87. The van der Waals surface area contributed by atoms with Gasteiger partial charge in [0.05, 0.1) is 42.4 Å². The number of aromatic nitrogens is 3. The Hall–Kier alpha value is -2.93. The average molecular weight is 440 g/mol. The van der Waals surface area contributed by atoms with Gasteiger partial charge in [0.2, 0.25) is 5.88 Å². The lowest BCUT2D eigenvalue weighted by molar-refractivity contribution is -0.162. The van der Waals surface area contributed by atoms with E-state index in [1.807, 2.05) is 29.0 Å². The summed E-state index contributed by atoms with van der Waals surface area (Å²) in [5.41, 5.74) is 1.78. The summed E-state index contributed by atoms with van der Waals surface area (Å²) >= 11 is 0. The van der Waals surface area contributed by atoms with Crippen LogP contribution in [0.2, 0.25) is 0 Å². The molecule has 0 atom stereocenters. The summed E-state index contributed by atoms with van der Waals surface area (Å²) in [5, 5.41) is 0. The van der Waals surface area contributed by atoms with Crippen LogP contribution in [0.25, 0.3) is 17.1 Å². The molecule has 2 aromatic heterocycles. The molecule has 0 aliphatic carbocycles. The van der Waals surface area contributed by atoms with Gasteiger partial charge in [-0.15, -0.1) is 0 Å². The fraction of sp³-hybridized carbons (Fsp3) is 0.440. The smallest absolute Gasteiger partial charge is 0.224 e. The van der Waals surface area contributed by atoms with E-state index in [1.54, 1.807) is 19.4 Å². The summed E-state index contributed by atoms with van der Waals surface area (Å²) in [4.78, 5) is 9.36. The van der Waals surface area contributed by atoms with Gasteiger partial charge in [0, 0.05) is 24.4 Å². The molecular weight excluding hydrogens is 409 g/mol. The number of ether oxygens (including phenoxy) is 3. The first-order valence-corrected chi connectivity index (χ1v) is 10.8. The molecule has 0 spiro atoms. The zero-order chi connectivity index (χ0) is 23.1. The number of rotatable bonds is 5. The number of hydrogen-bond donors (Lipinski definition) is 0. The van der Waals surface area contributed by atoms with Gasteiger partial charge in [0.1, 0.15) is 5.82 Å². The number of benzene rings is 1. The predicted octanol–water partition coefficient (Wildman–Crippen LogP) is 5.54. The lowest BCUT2D eigenvalue weighted by Gasteiger charge is -2.45. The molecule has 4 rings (SSSR count). The third-order valence-corrected chi connectivity index (χ3v) is 5.79. The monoisotopic (exact) mass is 439 g/mol. The zero-order valence-electron chi connectivity index (χ0n) is 19.5. The Morgan fingerprint density at radius 2 is 1.78 bits per heavy atom. The molecule has 3 aromatic rings. The van der Waals surface area contributed by atoms with E-state index in [0.717, 1.165) is 24.1 Å². The van der Waals surface area contributed by atoms with Crippen molar-refractivity contribution in [2.24, 2.45) is 0 Å². The van der Waals surface area contributed by atoms with Gasteiger partial charge in [0.25, 0.3) is 0 Å². The third kappa shape index (κ3) is 4.35. The Labute approximate surface area is 188 Å². The largest absolute Gasteiger partial charge is 0.494 e. The highest BCUT2D eigenvalue weighted by atomic mass is 19.1. The lowest BCUT2D eigenvalue weighted by atomic mass is 9.79. The fourth-order valence-electron chi connectivity index (χ4n) is 4.81. The fourth-order valence-corrected chi connectivity index (χ4v) is 4.81. The van der Waals surface area contributed by atoms with Crippen molar-refractivity contribution in [2.45, 2.75) is 57.7 Å². The maximum absolute atomic E-state index is 14.6. The molecule has 1 aliphatic heterocycles. The second kappa shape index (κ2) is 8.20. The van der Waals surface area contributed by atoms with Crippen LogP contribution in [0.4, 0.5) is 4.39 Å². The predicted molar refractivity (Wildman–Crippen MR) is 121 cm³/mol. The Morgan fingerprint density at radius 1 is 1.06 bits per heavy atom. The van der Waals surface area contributed by atoms with Crippen LogP contribution in [-0.4, -0.2) is 40.0 Å². The van der Waals surface area contributed by atoms with E-state index in [-0.39, 0.29) is 22.9 Å². The Kier molecular flexibility index (Phi) is 5.71. The van der Waals surface area contributed by atoms with E-state index in [0.29, 0.717) is 17.4 Å². The zero-order valence-corrected chi connectivity index (χ0v) is 19.5. The first kappa shape index (κ1) is 22.3. The first-order valence-electron chi connectivity index (χ1n) is 10.8. The first-order chi connectivity index (χ1) is 15.1. The quantitative estimate of drug-likeness (QED) is 0.522. The molecular formula is C25H30FN3O3. The van der Waals surface area contributed by atoms with Crippen molar-refractivity contribution < 1.29 is 18.6 Å². The summed E-state index contributed by atoms with van der Waals surface area (Å²) in [6.45, 7) is 8.45. The molecule has 0 radical (unpaired) electrons. The van der Waals surface area contributed by atoms with Gasteiger partial charge in [-0.05, 0) is 64.8 Å². The molecule has 0 amide bonds. The molecule has 1 aliphatic rings. The Morgan fingerprint density at radius 3 is 2.41 bits per heavy atom. The van der Waals surface area contributed by atoms with E-state index in [4.69, 9.17) is 19.2 Å². The minimum Gasteiger partial charge on any atom is -0.494 e. The maximum Gasteiger partial charge on any atom is 0.224 e. The van der Waals surface area contributed by atoms with Gasteiger partial charge in [-0.3, -0.25) is 4.57 Å². The van der Waals surface area contributed by atoms with Crippen molar-refractivity contribution in [3.63, 3.8) is 0 Å². The number of imidazole rings is 1. The van der Waals surface area contributed by atoms with Crippen molar-refractivity contribution in [1.82, 2.24) is 14.5 Å². The normalized spacial score (nSPS) is 17.8. The number of hydrogen-bond acceptors (Lipinski definition) is 5. The highest BCUT2D eigenvalue weighted by Crippen LogP contribution is 2.44. The third-order valence-electron chi connectivity index (χ3n) is 5.79. The van der Waals surface area contributed by atoms with Crippen LogP contribution in [0.5, 0.6) is 11.6 Å². The van der Waals surface area contributed by atoms with Crippen LogP contribution in [0, 0.1) is 5.82 Å². The molecule has 3 heterocycles.